The predicted molar refractivity (Wildman–Crippen MR) is 57.7 cm³/mol. The SMILES string of the molecule is CCCC(COC)N1CCC1C(=O)OC. The fourth-order valence-electron chi connectivity index (χ4n) is 2.10. The van der Waals surface area contributed by atoms with Gasteiger partial charge in [0, 0.05) is 19.7 Å². The lowest BCUT2D eigenvalue weighted by Gasteiger charge is -2.44. The van der Waals surface area contributed by atoms with Gasteiger partial charge in [-0.25, -0.2) is 0 Å². The summed E-state index contributed by atoms with van der Waals surface area (Å²) in [5.74, 6) is -0.113. The van der Waals surface area contributed by atoms with Crippen LogP contribution in [0, 0.1) is 0 Å². The van der Waals surface area contributed by atoms with Crippen molar-refractivity contribution in [2.45, 2.75) is 38.3 Å². The van der Waals surface area contributed by atoms with Gasteiger partial charge in [-0.05, 0) is 12.8 Å². The highest BCUT2D eigenvalue weighted by Gasteiger charge is 2.38. The molecule has 1 aliphatic heterocycles. The Kier molecular flexibility index (Phi) is 5.05. The van der Waals surface area contributed by atoms with E-state index >= 15 is 0 Å². The second-order valence-corrected chi connectivity index (χ2v) is 3.96. The third kappa shape index (κ3) is 2.92. The molecule has 0 aromatic carbocycles. The van der Waals surface area contributed by atoms with E-state index in [1.807, 2.05) is 0 Å². The van der Waals surface area contributed by atoms with Crippen LogP contribution in [0.2, 0.25) is 0 Å². The van der Waals surface area contributed by atoms with E-state index in [9.17, 15) is 4.79 Å². The molecule has 2 atom stereocenters. The van der Waals surface area contributed by atoms with E-state index in [2.05, 4.69) is 11.8 Å². The lowest BCUT2D eigenvalue weighted by Crippen LogP contribution is -2.58. The van der Waals surface area contributed by atoms with Crippen LogP contribution >= 0.6 is 0 Å². The fourth-order valence-corrected chi connectivity index (χ4v) is 2.10. The first-order chi connectivity index (χ1) is 7.24. The topological polar surface area (TPSA) is 38.8 Å². The van der Waals surface area contributed by atoms with Crippen molar-refractivity contribution < 1.29 is 14.3 Å². The van der Waals surface area contributed by atoms with Crippen LogP contribution in [0.15, 0.2) is 0 Å². The molecule has 0 radical (unpaired) electrons. The van der Waals surface area contributed by atoms with E-state index in [0.717, 1.165) is 25.8 Å². The second-order valence-electron chi connectivity index (χ2n) is 3.96. The molecule has 2 unspecified atom stereocenters. The van der Waals surface area contributed by atoms with Gasteiger partial charge in [0.25, 0.3) is 0 Å². The number of hydrogen-bond donors (Lipinski definition) is 0. The van der Waals surface area contributed by atoms with Crippen molar-refractivity contribution in [1.82, 2.24) is 4.90 Å². The molecule has 0 aliphatic carbocycles. The molecule has 4 nitrogen and oxygen atoms in total. The van der Waals surface area contributed by atoms with Gasteiger partial charge in [0.2, 0.25) is 0 Å². The largest absolute Gasteiger partial charge is 0.468 e. The minimum atomic E-state index is -0.113. The zero-order chi connectivity index (χ0) is 11.3. The Bertz CT molecular complexity index is 202. The summed E-state index contributed by atoms with van der Waals surface area (Å²) in [5, 5.41) is 0. The first-order valence-corrected chi connectivity index (χ1v) is 5.57. The standard InChI is InChI=1S/C11H21NO3/c1-4-5-9(8-14-2)12-7-6-10(12)11(13)15-3/h9-10H,4-8H2,1-3H3. The first-order valence-electron chi connectivity index (χ1n) is 5.57. The number of esters is 1. The third-order valence-electron chi connectivity index (χ3n) is 2.98. The van der Waals surface area contributed by atoms with Gasteiger partial charge in [-0.2, -0.15) is 0 Å². The van der Waals surface area contributed by atoms with Gasteiger partial charge in [-0.15, -0.1) is 0 Å². The lowest BCUT2D eigenvalue weighted by atomic mass is 9.98. The molecule has 0 bridgehead atoms. The van der Waals surface area contributed by atoms with Gasteiger partial charge in [-0.1, -0.05) is 13.3 Å². The first kappa shape index (κ1) is 12.5. The maximum absolute atomic E-state index is 11.4. The highest BCUT2D eigenvalue weighted by Crippen LogP contribution is 2.24. The molecule has 88 valence electrons. The summed E-state index contributed by atoms with van der Waals surface area (Å²) >= 11 is 0. The van der Waals surface area contributed by atoms with E-state index in [-0.39, 0.29) is 12.0 Å². The Morgan fingerprint density at radius 3 is 2.67 bits per heavy atom. The van der Waals surface area contributed by atoms with Crippen molar-refractivity contribution in [2.75, 3.05) is 27.4 Å². The summed E-state index contributed by atoms with van der Waals surface area (Å²) < 4.78 is 9.95. The smallest absolute Gasteiger partial charge is 0.323 e. The van der Waals surface area contributed by atoms with E-state index < -0.39 is 0 Å². The van der Waals surface area contributed by atoms with Crippen LogP contribution in [0.25, 0.3) is 0 Å². The van der Waals surface area contributed by atoms with Crippen LogP contribution in [0.5, 0.6) is 0 Å². The molecule has 15 heavy (non-hydrogen) atoms. The Hall–Kier alpha value is -0.610. The monoisotopic (exact) mass is 215 g/mol. The van der Waals surface area contributed by atoms with Crippen LogP contribution < -0.4 is 0 Å². The maximum Gasteiger partial charge on any atom is 0.323 e. The molecule has 0 amide bonds. The number of methoxy groups -OCH3 is 2. The van der Waals surface area contributed by atoms with Gasteiger partial charge in [0.05, 0.1) is 13.7 Å². The minimum Gasteiger partial charge on any atom is -0.468 e. The van der Waals surface area contributed by atoms with Crippen molar-refractivity contribution in [3.63, 3.8) is 0 Å². The molecule has 1 fully saturated rings. The van der Waals surface area contributed by atoms with Gasteiger partial charge < -0.3 is 9.47 Å². The summed E-state index contributed by atoms with van der Waals surface area (Å²) in [5.41, 5.74) is 0. The van der Waals surface area contributed by atoms with Crippen molar-refractivity contribution in [2.24, 2.45) is 0 Å². The molecule has 0 saturated carbocycles. The molecular formula is C11H21NO3. The number of hydrogen-bond acceptors (Lipinski definition) is 4. The maximum atomic E-state index is 11.4. The van der Waals surface area contributed by atoms with Gasteiger partial charge >= 0.3 is 5.97 Å². The summed E-state index contributed by atoms with van der Waals surface area (Å²) in [6, 6.07) is 0.319. The fraction of sp³-hybridized carbons (Fsp3) is 0.909. The number of carbonyl (C=O) groups is 1. The van der Waals surface area contributed by atoms with E-state index in [1.165, 1.54) is 7.11 Å². The van der Waals surface area contributed by atoms with Gasteiger partial charge in [0.1, 0.15) is 6.04 Å². The molecule has 1 aliphatic rings. The predicted octanol–water partition coefficient (Wildman–Crippen LogP) is 1.05. The molecule has 0 aromatic rings. The molecule has 1 heterocycles. The molecule has 1 rings (SSSR count). The lowest BCUT2D eigenvalue weighted by molar-refractivity contribution is -0.155. The number of ether oxygens (including phenoxy) is 2. The Morgan fingerprint density at radius 2 is 2.27 bits per heavy atom. The summed E-state index contributed by atoms with van der Waals surface area (Å²) in [4.78, 5) is 13.6. The Labute approximate surface area is 91.5 Å². The second kappa shape index (κ2) is 6.08. The minimum absolute atomic E-state index is 0.0401. The molecule has 1 saturated heterocycles. The van der Waals surface area contributed by atoms with Crippen molar-refractivity contribution in [1.29, 1.82) is 0 Å². The number of nitrogens with zero attached hydrogens (tertiary/aromatic N) is 1. The number of rotatable bonds is 6. The quantitative estimate of drug-likeness (QED) is 0.621. The average Bonchev–Trinajstić information content (AvgIpc) is 2.16. The van der Waals surface area contributed by atoms with Crippen LogP contribution in [-0.2, 0) is 14.3 Å². The molecular weight excluding hydrogens is 194 g/mol. The van der Waals surface area contributed by atoms with Crippen LogP contribution in [0.4, 0.5) is 0 Å². The molecule has 0 N–H and O–H groups in total. The molecule has 0 spiro atoms. The van der Waals surface area contributed by atoms with Crippen LogP contribution in [-0.4, -0.2) is 50.3 Å². The third-order valence-corrected chi connectivity index (χ3v) is 2.98. The van der Waals surface area contributed by atoms with E-state index in [0.29, 0.717) is 12.6 Å². The zero-order valence-corrected chi connectivity index (χ0v) is 9.86. The van der Waals surface area contributed by atoms with Crippen molar-refractivity contribution >= 4 is 5.97 Å². The summed E-state index contributed by atoms with van der Waals surface area (Å²) in [6.07, 6.45) is 3.09. The zero-order valence-electron chi connectivity index (χ0n) is 9.86. The Morgan fingerprint density at radius 1 is 1.53 bits per heavy atom. The van der Waals surface area contributed by atoms with E-state index in [4.69, 9.17) is 9.47 Å². The van der Waals surface area contributed by atoms with Gasteiger partial charge in [-0.3, -0.25) is 9.69 Å². The highest BCUT2D eigenvalue weighted by atomic mass is 16.5. The van der Waals surface area contributed by atoms with Crippen LogP contribution in [0.3, 0.4) is 0 Å². The summed E-state index contributed by atoms with van der Waals surface area (Å²) in [6.45, 7) is 3.82. The normalized spacial score (nSPS) is 23.3. The highest BCUT2D eigenvalue weighted by molar-refractivity contribution is 5.76. The van der Waals surface area contributed by atoms with Gasteiger partial charge in [0.15, 0.2) is 0 Å². The van der Waals surface area contributed by atoms with Crippen molar-refractivity contribution in [3.8, 4) is 0 Å². The average molecular weight is 215 g/mol. The number of likely N-dealkylation sites (tertiary alicyclic amines) is 1. The van der Waals surface area contributed by atoms with E-state index in [1.54, 1.807) is 7.11 Å². The number of carbonyl (C=O) groups excluding carboxylic acids is 1. The van der Waals surface area contributed by atoms with Crippen LogP contribution in [0.1, 0.15) is 26.2 Å². The Balaban J connectivity index is 2.48. The molecule has 4 heteroatoms. The van der Waals surface area contributed by atoms with Crippen molar-refractivity contribution in [3.05, 3.63) is 0 Å². The summed E-state index contributed by atoms with van der Waals surface area (Å²) in [7, 11) is 3.15. The molecule has 0 aromatic heterocycles.